The molecule has 0 aromatic heterocycles. The molecule has 0 bridgehead atoms. The molecule has 3 aromatic carbocycles. The van der Waals surface area contributed by atoms with Crippen LogP contribution in [0, 0.1) is 0 Å². The third kappa shape index (κ3) is 6.08. The van der Waals surface area contributed by atoms with Crippen molar-refractivity contribution in [3.63, 3.8) is 0 Å². The molecule has 33 heavy (non-hydrogen) atoms. The molecule has 0 aliphatic heterocycles. The minimum Gasteiger partial charge on any atom is -0.478 e. The maximum Gasteiger partial charge on any atom is 0.335 e. The van der Waals surface area contributed by atoms with Gasteiger partial charge in [-0.1, -0.05) is 88.4 Å². The van der Waals surface area contributed by atoms with Crippen LogP contribution >= 0.6 is 0 Å². The summed E-state index contributed by atoms with van der Waals surface area (Å²) in [6.07, 6.45) is 0. The van der Waals surface area contributed by atoms with E-state index in [1.807, 2.05) is 42.5 Å². The van der Waals surface area contributed by atoms with E-state index in [0.29, 0.717) is 0 Å². The summed E-state index contributed by atoms with van der Waals surface area (Å²) in [7, 11) is 0. The number of rotatable bonds is 9. The van der Waals surface area contributed by atoms with Gasteiger partial charge in [0, 0.05) is 5.69 Å². The molecule has 3 rings (SSSR count). The molecule has 0 saturated heterocycles. The van der Waals surface area contributed by atoms with E-state index in [1.54, 1.807) is 18.2 Å². The van der Waals surface area contributed by atoms with Crippen LogP contribution in [-0.2, 0) is 4.79 Å². The van der Waals surface area contributed by atoms with E-state index in [2.05, 4.69) is 50.5 Å². The summed E-state index contributed by atoms with van der Waals surface area (Å²) in [6, 6.07) is 22.4. The Balaban J connectivity index is 1.85. The Hall–Kier alpha value is -3.44. The molecule has 0 aliphatic carbocycles. The number of nitrogens with one attached hydrogen (secondary N) is 2. The number of amides is 1. The highest BCUT2D eigenvalue weighted by Crippen LogP contribution is 2.32. The molecule has 172 valence electrons. The SMILES string of the molecule is CC(C)c1cccc(C(C)C)c1NC(=O)CNC(c1ccccc1)c1cccc(C(=O)O)c1. The highest BCUT2D eigenvalue weighted by molar-refractivity contribution is 5.94. The van der Waals surface area contributed by atoms with Gasteiger partial charge in [-0.05, 0) is 46.2 Å². The van der Waals surface area contributed by atoms with Gasteiger partial charge in [-0.3, -0.25) is 10.1 Å². The molecule has 3 aromatic rings. The van der Waals surface area contributed by atoms with Crippen molar-refractivity contribution in [2.75, 3.05) is 11.9 Å². The number of carbonyl (C=O) groups excluding carboxylic acids is 1. The average molecular weight is 445 g/mol. The fourth-order valence-electron chi connectivity index (χ4n) is 4.00. The number of carbonyl (C=O) groups is 2. The smallest absolute Gasteiger partial charge is 0.335 e. The highest BCUT2D eigenvalue weighted by atomic mass is 16.4. The molecule has 3 N–H and O–H groups in total. The second kappa shape index (κ2) is 10.9. The normalized spacial score (nSPS) is 12.1. The van der Waals surface area contributed by atoms with Crippen LogP contribution in [-0.4, -0.2) is 23.5 Å². The van der Waals surface area contributed by atoms with E-state index in [9.17, 15) is 14.7 Å². The lowest BCUT2D eigenvalue weighted by Gasteiger charge is -2.22. The number of anilines is 1. The summed E-state index contributed by atoms with van der Waals surface area (Å²) in [5.74, 6) is -0.557. The van der Waals surface area contributed by atoms with Gasteiger partial charge in [-0.2, -0.15) is 0 Å². The Morgan fingerprint density at radius 3 is 1.94 bits per heavy atom. The molecule has 1 amide bonds. The van der Waals surface area contributed by atoms with Crippen LogP contribution < -0.4 is 10.6 Å². The lowest BCUT2D eigenvalue weighted by molar-refractivity contribution is -0.115. The van der Waals surface area contributed by atoms with Gasteiger partial charge in [0.25, 0.3) is 0 Å². The van der Waals surface area contributed by atoms with E-state index in [1.165, 1.54) is 0 Å². The van der Waals surface area contributed by atoms with E-state index in [4.69, 9.17) is 0 Å². The Kier molecular flexibility index (Phi) is 8.01. The van der Waals surface area contributed by atoms with Gasteiger partial charge in [0.15, 0.2) is 0 Å². The summed E-state index contributed by atoms with van der Waals surface area (Å²) >= 11 is 0. The second-order valence-electron chi connectivity index (χ2n) is 8.82. The lowest BCUT2D eigenvalue weighted by Crippen LogP contribution is -2.32. The van der Waals surface area contributed by atoms with Gasteiger partial charge in [-0.15, -0.1) is 0 Å². The van der Waals surface area contributed by atoms with Gasteiger partial charge >= 0.3 is 5.97 Å². The summed E-state index contributed by atoms with van der Waals surface area (Å²) in [6.45, 7) is 8.56. The third-order valence-electron chi connectivity index (χ3n) is 5.70. The minimum atomic E-state index is -0.979. The molecule has 0 spiro atoms. The van der Waals surface area contributed by atoms with Gasteiger partial charge < -0.3 is 10.4 Å². The number of para-hydroxylation sites is 1. The first kappa shape index (κ1) is 24.2. The van der Waals surface area contributed by atoms with Crippen molar-refractivity contribution < 1.29 is 14.7 Å². The van der Waals surface area contributed by atoms with Crippen LogP contribution in [0.1, 0.15) is 78.2 Å². The van der Waals surface area contributed by atoms with Crippen molar-refractivity contribution in [3.8, 4) is 0 Å². The molecule has 0 radical (unpaired) electrons. The fourth-order valence-corrected chi connectivity index (χ4v) is 4.00. The van der Waals surface area contributed by atoms with Gasteiger partial charge in [0.05, 0.1) is 18.2 Å². The zero-order chi connectivity index (χ0) is 24.0. The number of carboxylic acid groups (broad SMARTS) is 1. The van der Waals surface area contributed by atoms with Crippen molar-refractivity contribution in [1.82, 2.24) is 5.32 Å². The molecule has 0 saturated carbocycles. The predicted octanol–water partition coefficient (Wildman–Crippen LogP) is 5.95. The summed E-state index contributed by atoms with van der Waals surface area (Å²) in [5.41, 5.74) is 5.08. The molecule has 0 fully saturated rings. The summed E-state index contributed by atoms with van der Waals surface area (Å²) in [4.78, 5) is 24.5. The monoisotopic (exact) mass is 444 g/mol. The van der Waals surface area contributed by atoms with Crippen LogP contribution in [0.15, 0.2) is 72.8 Å². The van der Waals surface area contributed by atoms with Gasteiger partial charge in [0.1, 0.15) is 0 Å². The maximum absolute atomic E-state index is 13.0. The first-order valence-electron chi connectivity index (χ1n) is 11.3. The van der Waals surface area contributed by atoms with Gasteiger partial charge in [-0.25, -0.2) is 4.79 Å². The Morgan fingerprint density at radius 1 is 0.788 bits per heavy atom. The molecule has 5 nitrogen and oxygen atoms in total. The Morgan fingerprint density at radius 2 is 1.36 bits per heavy atom. The fraction of sp³-hybridized carbons (Fsp3) is 0.286. The summed E-state index contributed by atoms with van der Waals surface area (Å²) in [5, 5.41) is 15.9. The first-order valence-corrected chi connectivity index (χ1v) is 11.3. The Bertz CT molecular complexity index is 1080. The van der Waals surface area contributed by atoms with Crippen LogP contribution in [0.25, 0.3) is 0 Å². The molecular formula is C28H32N2O3. The van der Waals surface area contributed by atoms with Crippen molar-refractivity contribution >= 4 is 17.6 Å². The minimum absolute atomic E-state index is 0.0842. The van der Waals surface area contributed by atoms with E-state index >= 15 is 0 Å². The van der Waals surface area contributed by atoms with Crippen LogP contribution in [0.5, 0.6) is 0 Å². The van der Waals surface area contributed by atoms with Crippen molar-refractivity contribution in [2.45, 2.75) is 45.6 Å². The van der Waals surface area contributed by atoms with Crippen molar-refractivity contribution in [1.29, 1.82) is 0 Å². The maximum atomic E-state index is 13.0. The molecule has 1 atom stereocenters. The molecule has 1 unspecified atom stereocenters. The Labute approximate surface area is 195 Å². The van der Waals surface area contributed by atoms with Crippen LogP contribution in [0.4, 0.5) is 5.69 Å². The summed E-state index contributed by atoms with van der Waals surface area (Å²) < 4.78 is 0. The van der Waals surface area contributed by atoms with E-state index in [0.717, 1.165) is 27.9 Å². The molecular weight excluding hydrogens is 412 g/mol. The topological polar surface area (TPSA) is 78.4 Å². The number of benzene rings is 3. The number of aromatic carboxylic acids is 1. The largest absolute Gasteiger partial charge is 0.478 e. The number of hydrogen-bond donors (Lipinski definition) is 3. The third-order valence-corrected chi connectivity index (χ3v) is 5.70. The number of carboxylic acids is 1. The van der Waals surface area contributed by atoms with E-state index < -0.39 is 5.97 Å². The van der Waals surface area contributed by atoms with E-state index in [-0.39, 0.29) is 35.9 Å². The van der Waals surface area contributed by atoms with Gasteiger partial charge in [0.2, 0.25) is 5.91 Å². The van der Waals surface area contributed by atoms with Crippen molar-refractivity contribution in [3.05, 3.63) is 101 Å². The predicted molar refractivity (Wildman–Crippen MR) is 133 cm³/mol. The van der Waals surface area contributed by atoms with Crippen molar-refractivity contribution in [2.24, 2.45) is 0 Å². The zero-order valence-corrected chi connectivity index (χ0v) is 19.6. The zero-order valence-electron chi connectivity index (χ0n) is 19.6. The number of hydrogen-bond acceptors (Lipinski definition) is 3. The van der Waals surface area contributed by atoms with Crippen LogP contribution in [0.3, 0.4) is 0 Å². The van der Waals surface area contributed by atoms with Crippen LogP contribution in [0.2, 0.25) is 0 Å². The average Bonchev–Trinajstić information content (AvgIpc) is 2.80. The molecule has 0 aliphatic rings. The highest BCUT2D eigenvalue weighted by Gasteiger charge is 2.19. The molecule has 0 heterocycles. The molecule has 5 heteroatoms. The quantitative estimate of drug-likeness (QED) is 0.381. The second-order valence-corrected chi connectivity index (χ2v) is 8.82. The first-order chi connectivity index (χ1) is 15.8. The lowest BCUT2D eigenvalue weighted by atomic mass is 9.92. The standard InChI is InChI=1S/C28H32N2O3/c1-18(2)23-14-9-15-24(19(3)4)27(23)30-25(31)17-29-26(20-10-6-5-7-11-20)21-12-8-13-22(16-21)28(32)33/h5-16,18-19,26,29H,17H2,1-4H3,(H,30,31)(H,32,33).